The Balaban J connectivity index is 1.83. The summed E-state index contributed by atoms with van der Waals surface area (Å²) >= 11 is 0. The smallest absolute Gasteiger partial charge is 0.0343 e. The average Bonchev–Trinajstić information content (AvgIpc) is 2.36. The van der Waals surface area contributed by atoms with Crippen molar-refractivity contribution >= 4 is 5.69 Å². The molecule has 0 aromatic heterocycles. The number of nitrogens with zero attached hydrogens (tertiary/aromatic N) is 2. The number of hydrogen-bond donors (Lipinski definition) is 1. The minimum Gasteiger partial charge on any atom is -0.399 e. The molecule has 0 amide bonds. The highest BCUT2D eigenvalue weighted by Gasteiger charge is 2.19. The Morgan fingerprint density at radius 3 is 2.53 bits per heavy atom. The van der Waals surface area contributed by atoms with Crippen molar-refractivity contribution in [1.29, 1.82) is 0 Å². The molecule has 0 radical (unpaired) electrons. The second-order valence-corrected chi connectivity index (χ2v) is 6.17. The molecule has 19 heavy (non-hydrogen) atoms. The maximum Gasteiger partial charge on any atom is 0.0343 e. The van der Waals surface area contributed by atoms with Gasteiger partial charge in [0.25, 0.3) is 0 Å². The first-order chi connectivity index (χ1) is 9.04. The van der Waals surface area contributed by atoms with Crippen LogP contribution in [0, 0.1) is 12.8 Å². The van der Waals surface area contributed by atoms with Gasteiger partial charge in [-0.25, -0.2) is 0 Å². The number of rotatable bonds is 4. The van der Waals surface area contributed by atoms with Crippen molar-refractivity contribution in [2.45, 2.75) is 26.3 Å². The maximum atomic E-state index is 5.87. The number of aryl methyl sites for hydroxylation is 1. The maximum absolute atomic E-state index is 5.87. The molecule has 0 aliphatic carbocycles. The molecule has 1 aromatic carbocycles. The standard InChI is InChI=1S/C16H27N3/c1-13-10-15(4-5-16(13)17)12-19-8-6-14(7-9-19)11-18(2)3/h4-5,10,14H,6-9,11-12,17H2,1-3H3. The monoisotopic (exact) mass is 261 g/mol. The van der Waals surface area contributed by atoms with Crippen molar-refractivity contribution in [3.8, 4) is 0 Å². The van der Waals surface area contributed by atoms with Crippen LogP contribution in [0.25, 0.3) is 0 Å². The minimum absolute atomic E-state index is 0.874. The molecule has 1 aliphatic heterocycles. The number of anilines is 1. The largest absolute Gasteiger partial charge is 0.399 e. The number of likely N-dealkylation sites (tertiary alicyclic amines) is 1. The van der Waals surface area contributed by atoms with E-state index in [1.807, 2.05) is 6.07 Å². The zero-order chi connectivity index (χ0) is 13.8. The van der Waals surface area contributed by atoms with Crippen LogP contribution in [0.4, 0.5) is 5.69 Å². The molecule has 0 saturated carbocycles. The summed E-state index contributed by atoms with van der Waals surface area (Å²) in [5, 5.41) is 0. The summed E-state index contributed by atoms with van der Waals surface area (Å²) < 4.78 is 0. The molecule has 0 unspecified atom stereocenters. The molecule has 2 rings (SSSR count). The molecule has 0 bridgehead atoms. The van der Waals surface area contributed by atoms with Crippen molar-refractivity contribution in [3.63, 3.8) is 0 Å². The molecule has 1 fully saturated rings. The van der Waals surface area contributed by atoms with Crippen molar-refractivity contribution in [2.24, 2.45) is 5.92 Å². The molecular formula is C16H27N3. The van der Waals surface area contributed by atoms with Gasteiger partial charge in [0.1, 0.15) is 0 Å². The van der Waals surface area contributed by atoms with E-state index in [1.165, 1.54) is 43.6 Å². The lowest BCUT2D eigenvalue weighted by atomic mass is 9.96. The van der Waals surface area contributed by atoms with Gasteiger partial charge in [-0.2, -0.15) is 0 Å². The molecule has 3 heteroatoms. The van der Waals surface area contributed by atoms with Gasteiger partial charge in [-0.1, -0.05) is 12.1 Å². The molecule has 1 saturated heterocycles. The van der Waals surface area contributed by atoms with E-state index in [0.29, 0.717) is 0 Å². The Labute approximate surface area is 117 Å². The molecule has 1 heterocycles. The summed E-state index contributed by atoms with van der Waals surface area (Å²) in [6.07, 6.45) is 2.65. The number of nitrogens with two attached hydrogens (primary N) is 1. The fourth-order valence-corrected chi connectivity index (χ4v) is 2.94. The molecule has 0 spiro atoms. The lowest BCUT2D eigenvalue weighted by molar-refractivity contribution is 0.157. The Hall–Kier alpha value is -1.06. The van der Waals surface area contributed by atoms with Gasteiger partial charge in [-0.15, -0.1) is 0 Å². The summed E-state index contributed by atoms with van der Waals surface area (Å²) in [5.41, 5.74) is 9.35. The van der Waals surface area contributed by atoms with Crippen LogP contribution in [0.15, 0.2) is 18.2 Å². The third kappa shape index (κ3) is 4.22. The molecular weight excluding hydrogens is 234 g/mol. The quantitative estimate of drug-likeness (QED) is 0.845. The SMILES string of the molecule is Cc1cc(CN2CCC(CN(C)C)CC2)ccc1N. The summed E-state index contributed by atoms with van der Waals surface area (Å²) in [6, 6.07) is 6.42. The molecule has 2 N–H and O–H groups in total. The average molecular weight is 261 g/mol. The van der Waals surface area contributed by atoms with E-state index < -0.39 is 0 Å². The van der Waals surface area contributed by atoms with E-state index in [4.69, 9.17) is 5.73 Å². The second-order valence-electron chi connectivity index (χ2n) is 6.17. The lowest BCUT2D eigenvalue weighted by Gasteiger charge is -2.33. The predicted molar refractivity (Wildman–Crippen MR) is 82.1 cm³/mol. The first-order valence-electron chi connectivity index (χ1n) is 7.26. The van der Waals surface area contributed by atoms with E-state index in [-0.39, 0.29) is 0 Å². The Kier molecular flexibility index (Phi) is 4.83. The van der Waals surface area contributed by atoms with Crippen molar-refractivity contribution in [1.82, 2.24) is 9.80 Å². The van der Waals surface area contributed by atoms with Crippen LogP contribution in [-0.2, 0) is 6.54 Å². The first-order valence-corrected chi connectivity index (χ1v) is 7.26. The van der Waals surface area contributed by atoms with Crippen LogP contribution in [0.5, 0.6) is 0 Å². The van der Waals surface area contributed by atoms with Gasteiger partial charge in [-0.05, 0) is 70.1 Å². The summed E-state index contributed by atoms with van der Waals surface area (Å²) in [4.78, 5) is 4.88. The highest BCUT2D eigenvalue weighted by molar-refractivity contribution is 5.47. The van der Waals surface area contributed by atoms with Crippen LogP contribution >= 0.6 is 0 Å². The fourth-order valence-electron chi connectivity index (χ4n) is 2.94. The number of hydrogen-bond acceptors (Lipinski definition) is 3. The number of piperidine rings is 1. The lowest BCUT2D eigenvalue weighted by Crippen LogP contribution is -2.36. The zero-order valence-corrected chi connectivity index (χ0v) is 12.5. The highest BCUT2D eigenvalue weighted by atomic mass is 15.1. The zero-order valence-electron chi connectivity index (χ0n) is 12.5. The first kappa shape index (κ1) is 14.4. The Morgan fingerprint density at radius 1 is 1.26 bits per heavy atom. The van der Waals surface area contributed by atoms with Crippen molar-refractivity contribution < 1.29 is 0 Å². The molecule has 1 aliphatic rings. The Bertz CT molecular complexity index is 406. The van der Waals surface area contributed by atoms with Crippen LogP contribution in [0.1, 0.15) is 24.0 Å². The van der Waals surface area contributed by atoms with Crippen molar-refractivity contribution in [2.75, 3.05) is 39.5 Å². The summed E-state index contributed by atoms with van der Waals surface area (Å²) in [7, 11) is 4.34. The third-order valence-corrected chi connectivity index (χ3v) is 4.07. The van der Waals surface area contributed by atoms with Crippen LogP contribution in [0.3, 0.4) is 0 Å². The number of nitrogen functional groups attached to an aromatic ring is 1. The molecule has 106 valence electrons. The van der Waals surface area contributed by atoms with E-state index >= 15 is 0 Å². The van der Waals surface area contributed by atoms with Gasteiger partial charge in [0.2, 0.25) is 0 Å². The normalized spacial score (nSPS) is 18.1. The van der Waals surface area contributed by atoms with E-state index in [9.17, 15) is 0 Å². The van der Waals surface area contributed by atoms with E-state index in [0.717, 1.165) is 18.2 Å². The van der Waals surface area contributed by atoms with Gasteiger partial charge in [0.05, 0.1) is 0 Å². The van der Waals surface area contributed by atoms with Crippen molar-refractivity contribution in [3.05, 3.63) is 29.3 Å². The van der Waals surface area contributed by atoms with E-state index in [1.54, 1.807) is 0 Å². The van der Waals surface area contributed by atoms with Gasteiger partial charge < -0.3 is 10.6 Å². The van der Waals surface area contributed by atoms with E-state index in [2.05, 4.69) is 43.0 Å². The highest BCUT2D eigenvalue weighted by Crippen LogP contribution is 2.20. The Morgan fingerprint density at radius 2 is 1.95 bits per heavy atom. The van der Waals surface area contributed by atoms with Gasteiger partial charge in [0.15, 0.2) is 0 Å². The topological polar surface area (TPSA) is 32.5 Å². The minimum atomic E-state index is 0.874. The molecule has 0 atom stereocenters. The summed E-state index contributed by atoms with van der Waals surface area (Å²) in [6.45, 7) is 6.83. The van der Waals surface area contributed by atoms with Gasteiger partial charge >= 0.3 is 0 Å². The van der Waals surface area contributed by atoms with Crippen LogP contribution in [-0.4, -0.2) is 43.5 Å². The van der Waals surface area contributed by atoms with Gasteiger partial charge in [-0.3, -0.25) is 4.90 Å². The number of benzene rings is 1. The van der Waals surface area contributed by atoms with Gasteiger partial charge in [0, 0.05) is 18.8 Å². The molecule has 3 nitrogen and oxygen atoms in total. The van der Waals surface area contributed by atoms with Crippen LogP contribution < -0.4 is 5.73 Å². The molecule has 1 aromatic rings. The fraction of sp³-hybridized carbons (Fsp3) is 0.625. The third-order valence-electron chi connectivity index (χ3n) is 4.07. The summed E-state index contributed by atoms with van der Waals surface area (Å²) in [5.74, 6) is 0.874. The van der Waals surface area contributed by atoms with Crippen LogP contribution in [0.2, 0.25) is 0 Å². The predicted octanol–water partition coefficient (Wildman–Crippen LogP) is 2.35. The second kappa shape index (κ2) is 6.40.